The van der Waals surface area contributed by atoms with Gasteiger partial charge in [0.05, 0.1) is 27.8 Å². The lowest BCUT2D eigenvalue weighted by Crippen LogP contribution is -2.07. The van der Waals surface area contributed by atoms with Gasteiger partial charge in [-0.05, 0) is 30.3 Å². The fraction of sp³-hybridized carbons (Fsp3) is 0. The summed E-state index contributed by atoms with van der Waals surface area (Å²) < 4.78 is 1.63. The van der Waals surface area contributed by atoms with Crippen LogP contribution in [0.3, 0.4) is 0 Å². The highest BCUT2D eigenvalue weighted by Crippen LogP contribution is 2.22. The van der Waals surface area contributed by atoms with Crippen molar-refractivity contribution in [2.45, 2.75) is 0 Å². The molecule has 6 heteroatoms. The second-order valence-corrected chi connectivity index (χ2v) is 4.45. The van der Waals surface area contributed by atoms with Gasteiger partial charge in [-0.3, -0.25) is 4.57 Å². The monoisotopic (exact) mass is 282 g/mol. The van der Waals surface area contributed by atoms with Crippen molar-refractivity contribution >= 4 is 23.0 Å². The molecule has 2 N–H and O–H groups in total. The minimum absolute atomic E-state index is 0.0689. The summed E-state index contributed by atoms with van der Waals surface area (Å²) in [6, 6.07) is 11.3. The second kappa shape index (κ2) is 4.75. The number of rotatable bonds is 3. The molecule has 0 radical (unpaired) electrons. The van der Waals surface area contributed by atoms with Gasteiger partial charge in [-0.2, -0.15) is 0 Å². The van der Waals surface area contributed by atoms with E-state index in [2.05, 4.69) is 4.98 Å². The minimum Gasteiger partial charge on any atom is -0.478 e. The quantitative estimate of drug-likeness (QED) is 0.769. The summed E-state index contributed by atoms with van der Waals surface area (Å²) >= 11 is 0. The Labute approximate surface area is 118 Å². The van der Waals surface area contributed by atoms with E-state index in [1.54, 1.807) is 4.57 Å². The zero-order valence-corrected chi connectivity index (χ0v) is 10.7. The molecule has 0 atom stereocenters. The van der Waals surface area contributed by atoms with E-state index in [1.165, 1.54) is 18.5 Å². The number of benzene rings is 2. The molecule has 0 bridgehead atoms. The number of fused-ring (bicyclic) bond motifs is 1. The smallest absolute Gasteiger partial charge is 0.337 e. The van der Waals surface area contributed by atoms with Crippen molar-refractivity contribution in [3.05, 3.63) is 59.9 Å². The Balaban J connectivity index is 2.27. The average Bonchev–Trinajstić information content (AvgIpc) is 2.90. The summed E-state index contributed by atoms with van der Waals surface area (Å²) in [7, 11) is 0. The summed E-state index contributed by atoms with van der Waals surface area (Å²) in [6.07, 6.45) is 1.52. The van der Waals surface area contributed by atoms with Gasteiger partial charge in [0.15, 0.2) is 0 Å². The maximum absolute atomic E-state index is 11.4. The van der Waals surface area contributed by atoms with Crippen molar-refractivity contribution < 1.29 is 19.8 Å². The predicted octanol–water partition coefficient (Wildman–Crippen LogP) is 2.42. The zero-order valence-electron chi connectivity index (χ0n) is 10.7. The molecule has 6 nitrogen and oxygen atoms in total. The van der Waals surface area contributed by atoms with Crippen molar-refractivity contribution in [1.29, 1.82) is 0 Å². The largest absolute Gasteiger partial charge is 0.478 e. The van der Waals surface area contributed by atoms with Crippen molar-refractivity contribution in [3.8, 4) is 5.69 Å². The van der Waals surface area contributed by atoms with Crippen LogP contribution in [0.15, 0.2) is 48.8 Å². The lowest BCUT2D eigenvalue weighted by atomic mass is 10.1. The highest BCUT2D eigenvalue weighted by molar-refractivity contribution is 5.97. The molecule has 21 heavy (non-hydrogen) atoms. The molecule has 0 aliphatic rings. The third-order valence-electron chi connectivity index (χ3n) is 3.19. The first-order valence-corrected chi connectivity index (χ1v) is 6.11. The summed E-state index contributed by atoms with van der Waals surface area (Å²) in [5, 5.41) is 18.3. The van der Waals surface area contributed by atoms with Gasteiger partial charge in [-0.1, -0.05) is 12.1 Å². The third kappa shape index (κ3) is 2.12. The van der Waals surface area contributed by atoms with Crippen LogP contribution in [0.25, 0.3) is 16.7 Å². The Morgan fingerprint density at radius 1 is 1.00 bits per heavy atom. The highest BCUT2D eigenvalue weighted by Gasteiger charge is 2.16. The van der Waals surface area contributed by atoms with Crippen LogP contribution in [0.2, 0.25) is 0 Å². The highest BCUT2D eigenvalue weighted by atomic mass is 16.4. The average molecular weight is 282 g/mol. The molecule has 0 unspecified atom stereocenters. The van der Waals surface area contributed by atoms with Crippen LogP contribution in [-0.2, 0) is 0 Å². The third-order valence-corrected chi connectivity index (χ3v) is 3.19. The van der Waals surface area contributed by atoms with Gasteiger partial charge >= 0.3 is 11.9 Å². The van der Waals surface area contributed by atoms with Crippen molar-refractivity contribution in [3.63, 3.8) is 0 Å². The van der Waals surface area contributed by atoms with Gasteiger partial charge in [-0.25, -0.2) is 14.6 Å². The van der Waals surface area contributed by atoms with E-state index < -0.39 is 11.9 Å². The number of carbonyl (C=O) groups is 2. The molecule has 3 aromatic rings. The standard InChI is InChI=1S/C15H10N2O4/c18-14(19)9-5-6-12(10(7-9)15(20)21)17-8-16-11-3-1-2-4-13(11)17/h1-8H,(H,18,19)(H,20,21). The molecular formula is C15H10N2O4. The first-order chi connectivity index (χ1) is 10.1. The number of hydrogen-bond acceptors (Lipinski definition) is 3. The first-order valence-electron chi connectivity index (χ1n) is 6.11. The van der Waals surface area contributed by atoms with E-state index in [9.17, 15) is 14.7 Å². The molecule has 104 valence electrons. The van der Waals surface area contributed by atoms with Gasteiger partial charge < -0.3 is 10.2 Å². The summed E-state index contributed by atoms with van der Waals surface area (Å²) in [4.78, 5) is 26.6. The van der Waals surface area contributed by atoms with Gasteiger partial charge in [0.1, 0.15) is 6.33 Å². The summed E-state index contributed by atoms with van der Waals surface area (Å²) in [6.45, 7) is 0. The molecule has 1 heterocycles. The van der Waals surface area contributed by atoms with E-state index in [1.807, 2.05) is 24.3 Å². The number of aromatic carboxylic acids is 2. The number of aromatic nitrogens is 2. The van der Waals surface area contributed by atoms with Gasteiger partial charge in [0.25, 0.3) is 0 Å². The van der Waals surface area contributed by atoms with E-state index in [-0.39, 0.29) is 11.1 Å². The van der Waals surface area contributed by atoms with Crippen LogP contribution < -0.4 is 0 Å². The lowest BCUT2D eigenvalue weighted by Gasteiger charge is -2.09. The molecule has 0 aliphatic carbocycles. The van der Waals surface area contributed by atoms with Crippen molar-refractivity contribution in [1.82, 2.24) is 9.55 Å². The Hall–Kier alpha value is -3.15. The van der Waals surface area contributed by atoms with Crippen molar-refractivity contribution in [2.24, 2.45) is 0 Å². The topological polar surface area (TPSA) is 92.4 Å². The fourth-order valence-corrected chi connectivity index (χ4v) is 2.20. The van der Waals surface area contributed by atoms with Crippen LogP contribution in [0, 0.1) is 0 Å². The van der Waals surface area contributed by atoms with Crippen LogP contribution in [-0.4, -0.2) is 31.7 Å². The molecule has 1 aromatic heterocycles. The Morgan fingerprint density at radius 2 is 1.76 bits per heavy atom. The first kappa shape index (κ1) is 12.9. The molecule has 0 fully saturated rings. The molecule has 2 aromatic carbocycles. The molecule has 0 aliphatic heterocycles. The number of carboxylic acid groups (broad SMARTS) is 2. The lowest BCUT2D eigenvalue weighted by molar-refractivity contribution is 0.0696. The molecule has 0 spiro atoms. The van der Waals surface area contributed by atoms with E-state index in [0.29, 0.717) is 5.69 Å². The number of nitrogens with zero attached hydrogens (tertiary/aromatic N) is 2. The number of carboxylic acids is 2. The minimum atomic E-state index is -1.19. The molecular weight excluding hydrogens is 272 g/mol. The van der Waals surface area contributed by atoms with Crippen LogP contribution in [0.5, 0.6) is 0 Å². The predicted molar refractivity (Wildman–Crippen MR) is 75.0 cm³/mol. The van der Waals surface area contributed by atoms with Crippen LogP contribution in [0.1, 0.15) is 20.7 Å². The SMILES string of the molecule is O=C(O)c1ccc(-n2cnc3ccccc32)c(C(=O)O)c1. The Bertz CT molecular complexity index is 867. The Kier molecular flexibility index (Phi) is 2.91. The normalized spacial score (nSPS) is 10.7. The molecule has 3 rings (SSSR count). The van der Waals surface area contributed by atoms with Crippen LogP contribution >= 0.6 is 0 Å². The number of para-hydroxylation sites is 2. The maximum atomic E-state index is 11.4. The van der Waals surface area contributed by atoms with Gasteiger partial charge in [0, 0.05) is 0 Å². The summed E-state index contributed by atoms with van der Waals surface area (Å²) in [5.41, 5.74) is 1.71. The van der Waals surface area contributed by atoms with E-state index in [0.717, 1.165) is 17.1 Å². The van der Waals surface area contributed by atoms with Crippen molar-refractivity contribution in [2.75, 3.05) is 0 Å². The summed E-state index contributed by atoms with van der Waals surface area (Å²) in [5.74, 6) is -2.36. The van der Waals surface area contributed by atoms with Gasteiger partial charge in [-0.15, -0.1) is 0 Å². The van der Waals surface area contributed by atoms with E-state index >= 15 is 0 Å². The molecule has 0 saturated heterocycles. The van der Waals surface area contributed by atoms with E-state index in [4.69, 9.17) is 5.11 Å². The second-order valence-electron chi connectivity index (χ2n) is 4.45. The number of imidazole rings is 1. The molecule has 0 amide bonds. The maximum Gasteiger partial charge on any atom is 0.337 e. The molecule has 0 saturated carbocycles. The Morgan fingerprint density at radius 3 is 2.48 bits per heavy atom. The fourth-order valence-electron chi connectivity index (χ4n) is 2.20. The van der Waals surface area contributed by atoms with Crippen LogP contribution in [0.4, 0.5) is 0 Å². The zero-order chi connectivity index (χ0) is 15.0. The van der Waals surface area contributed by atoms with Gasteiger partial charge in [0.2, 0.25) is 0 Å². The number of hydrogen-bond donors (Lipinski definition) is 2.